The van der Waals surface area contributed by atoms with Crippen LogP contribution in [0.2, 0.25) is 0 Å². The molecule has 3 aromatic rings. The maximum Gasteiger partial charge on any atom is 0.162 e. The molecule has 5 heteroatoms. The molecule has 3 rings (SSSR count). The van der Waals surface area contributed by atoms with E-state index in [2.05, 4.69) is 32.6 Å². The quantitative estimate of drug-likeness (QED) is 0.669. The van der Waals surface area contributed by atoms with Crippen LogP contribution >= 0.6 is 22.6 Å². The third-order valence-corrected chi connectivity index (χ3v) is 4.07. The zero-order valence-corrected chi connectivity index (χ0v) is 13.1. The molecule has 104 valence electrons. The molecule has 0 amide bonds. The number of nitrogens with two attached hydrogens (primary N) is 1. The first kappa shape index (κ1) is 13.9. The highest BCUT2D eigenvalue weighted by Gasteiger charge is 2.13. The minimum absolute atomic E-state index is 0.325. The van der Waals surface area contributed by atoms with E-state index < -0.39 is 0 Å². The summed E-state index contributed by atoms with van der Waals surface area (Å²) in [6.45, 7) is 0. The Morgan fingerprint density at radius 3 is 2.33 bits per heavy atom. The molecule has 0 atom stereocenters. The lowest BCUT2D eigenvalue weighted by molar-refractivity contribution is 0.628. The average Bonchev–Trinajstić information content (AvgIpc) is 2.51. The van der Waals surface area contributed by atoms with Crippen molar-refractivity contribution in [2.24, 2.45) is 0 Å². The van der Waals surface area contributed by atoms with Crippen LogP contribution < -0.4 is 5.73 Å². The standard InChI is InChI=1S/C16H11FIN3/c17-12-8-4-7-11(9-12)16-20-14(13(18)15(19)21-16)10-5-2-1-3-6-10/h1-9H,(H2,19,20,21). The van der Waals surface area contributed by atoms with E-state index in [9.17, 15) is 4.39 Å². The van der Waals surface area contributed by atoms with Crippen molar-refractivity contribution >= 4 is 28.4 Å². The first-order chi connectivity index (χ1) is 10.1. The molecule has 1 aromatic heterocycles. The number of nitrogen functional groups attached to an aromatic ring is 1. The molecule has 0 aliphatic rings. The Hall–Kier alpha value is -2.02. The number of anilines is 1. The summed E-state index contributed by atoms with van der Waals surface area (Å²) in [7, 11) is 0. The van der Waals surface area contributed by atoms with Crippen molar-refractivity contribution in [2.45, 2.75) is 0 Å². The SMILES string of the molecule is Nc1nc(-c2cccc(F)c2)nc(-c2ccccc2)c1I. The molecule has 1 heterocycles. The van der Waals surface area contributed by atoms with Crippen LogP contribution in [-0.2, 0) is 0 Å². The first-order valence-corrected chi connectivity index (χ1v) is 7.37. The van der Waals surface area contributed by atoms with Crippen LogP contribution in [0.4, 0.5) is 10.2 Å². The van der Waals surface area contributed by atoms with Crippen molar-refractivity contribution in [1.29, 1.82) is 0 Å². The number of benzene rings is 2. The van der Waals surface area contributed by atoms with Crippen LogP contribution in [0.3, 0.4) is 0 Å². The lowest BCUT2D eigenvalue weighted by atomic mass is 10.1. The van der Waals surface area contributed by atoms with E-state index in [0.717, 1.165) is 14.8 Å². The zero-order chi connectivity index (χ0) is 14.8. The number of rotatable bonds is 2. The van der Waals surface area contributed by atoms with Gasteiger partial charge in [-0.3, -0.25) is 0 Å². The molecule has 0 radical (unpaired) electrons. The van der Waals surface area contributed by atoms with Crippen LogP contribution in [0.15, 0.2) is 54.6 Å². The van der Waals surface area contributed by atoms with Crippen molar-refractivity contribution in [3.63, 3.8) is 0 Å². The number of hydrogen-bond donors (Lipinski definition) is 1. The molecule has 0 aliphatic carbocycles. The van der Waals surface area contributed by atoms with Crippen LogP contribution in [0.1, 0.15) is 0 Å². The molecule has 0 spiro atoms. The Morgan fingerprint density at radius 2 is 1.62 bits per heavy atom. The lowest BCUT2D eigenvalue weighted by Gasteiger charge is -2.09. The number of halogens is 2. The molecule has 0 aliphatic heterocycles. The molecule has 0 bridgehead atoms. The molecular formula is C16H11FIN3. The first-order valence-electron chi connectivity index (χ1n) is 6.29. The second-order valence-corrected chi connectivity index (χ2v) is 5.55. The third-order valence-electron chi connectivity index (χ3n) is 3.01. The summed E-state index contributed by atoms with van der Waals surface area (Å²) < 4.78 is 14.2. The molecule has 0 saturated heterocycles. The summed E-state index contributed by atoms with van der Waals surface area (Å²) in [5, 5.41) is 0. The van der Waals surface area contributed by atoms with Gasteiger partial charge in [-0.1, -0.05) is 42.5 Å². The van der Waals surface area contributed by atoms with Gasteiger partial charge in [0.05, 0.1) is 9.26 Å². The van der Waals surface area contributed by atoms with E-state index >= 15 is 0 Å². The smallest absolute Gasteiger partial charge is 0.162 e. The van der Waals surface area contributed by atoms with Gasteiger partial charge < -0.3 is 5.73 Å². The van der Waals surface area contributed by atoms with Gasteiger partial charge >= 0.3 is 0 Å². The fourth-order valence-electron chi connectivity index (χ4n) is 2.01. The molecular weight excluding hydrogens is 380 g/mol. The fourth-order valence-corrected chi connectivity index (χ4v) is 2.56. The predicted molar refractivity (Wildman–Crippen MR) is 90.0 cm³/mol. The highest BCUT2D eigenvalue weighted by molar-refractivity contribution is 14.1. The highest BCUT2D eigenvalue weighted by atomic mass is 127. The number of nitrogens with zero attached hydrogens (tertiary/aromatic N) is 2. The normalized spacial score (nSPS) is 10.6. The minimum atomic E-state index is -0.325. The lowest BCUT2D eigenvalue weighted by Crippen LogP contribution is -2.02. The van der Waals surface area contributed by atoms with Crippen molar-refractivity contribution < 1.29 is 4.39 Å². The van der Waals surface area contributed by atoms with Gasteiger partial charge in [-0.15, -0.1) is 0 Å². The Morgan fingerprint density at radius 1 is 0.905 bits per heavy atom. The second kappa shape index (κ2) is 5.77. The van der Waals surface area contributed by atoms with E-state index in [0.29, 0.717) is 17.2 Å². The molecule has 0 fully saturated rings. The van der Waals surface area contributed by atoms with E-state index in [1.54, 1.807) is 12.1 Å². The van der Waals surface area contributed by atoms with Crippen LogP contribution in [-0.4, -0.2) is 9.97 Å². The molecule has 0 saturated carbocycles. The van der Waals surface area contributed by atoms with Gasteiger partial charge in [0.2, 0.25) is 0 Å². The van der Waals surface area contributed by atoms with E-state index in [1.807, 2.05) is 30.3 Å². The van der Waals surface area contributed by atoms with Crippen molar-refractivity contribution in [3.05, 3.63) is 64.0 Å². The highest BCUT2D eigenvalue weighted by Crippen LogP contribution is 2.29. The summed E-state index contributed by atoms with van der Waals surface area (Å²) in [5.74, 6) is 0.490. The summed E-state index contributed by atoms with van der Waals surface area (Å²) in [6, 6.07) is 15.9. The van der Waals surface area contributed by atoms with Crippen LogP contribution in [0.25, 0.3) is 22.6 Å². The topological polar surface area (TPSA) is 51.8 Å². The van der Waals surface area contributed by atoms with Gasteiger partial charge in [0.25, 0.3) is 0 Å². The fraction of sp³-hybridized carbons (Fsp3) is 0. The Balaban J connectivity index is 2.19. The van der Waals surface area contributed by atoms with Crippen LogP contribution in [0, 0.1) is 9.39 Å². The monoisotopic (exact) mass is 391 g/mol. The summed E-state index contributed by atoms with van der Waals surface area (Å²) >= 11 is 2.13. The number of aromatic nitrogens is 2. The third kappa shape index (κ3) is 2.87. The van der Waals surface area contributed by atoms with Crippen molar-refractivity contribution in [3.8, 4) is 22.6 Å². The predicted octanol–water partition coefficient (Wildman–Crippen LogP) is 4.14. The molecule has 2 aromatic carbocycles. The van der Waals surface area contributed by atoms with Gasteiger partial charge in [0.15, 0.2) is 5.82 Å². The Labute approximate surface area is 135 Å². The van der Waals surface area contributed by atoms with Gasteiger partial charge in [-0.2, -0.15) is 0 Å². The van der Waals surface area contributed by atoms with Gasteiger partial charge in [-0.05, 0) is 34.7 Å². The Kier molecular flexibility index (Phi) is 3.83. The summed E-state index contributed by atoms with van der Waals surface area (Å²) in [5.41, 5.74) is 8.29. The van der Waals surface area contributed by atoms with E-state index in [-0.39, 0.29) is 5.82 Å². The Bertz CT molecular complexity index is 791. The van der Waals surface area contributed by atoms with Crippen molar-refractivity contribution in [1.82, 2.24) is 9.97 Å². The second-order valence-electron chi connectivity index (χ2n) is 4.47. The van der Waals surface area contributed by atoms with Gasteiger partial charge in [0, 0.05) is 11.1 Å². The molecule has 0 unspecified atom stereocenters. The van der Waals surface area contributed by atoms with Gasteiger partial charge in [-0.25, -0.2) is 14.4 Å². The zero-order valence-electron chi connectivity index (χ0n) is 10.9. The maximum atomic E-state index is 13.4. The molecule has 3 nitrogen and oxygen atoms in total. The van der Waals surface area contributed by atoms with E-state index in [1.165, 1.54) is 12.1 Å². The molecule has 2 N–H and O–H groups in total. The molecule has 21 heavy (non-hydrogen) atoms. The van der Waals surface area contributed by atoms with Crippen LogP contribution in [0.5, 0.6) is 0 Å². The maximum absolute atomic E-state index is 13.4. The average molecular weight is 391 g/mol. The number of hydrogen-bond acceptors (Lipinski definition) is 3. The minimum Gasteiger partial charge on any atom is -0.383 e. The summed E-state index contributed by atoms with van der Waals surface area (Å²) in [6.07, 6.45) is 0. The van der Waals surface area contributed by atoms with Gasteiger partial charge in [0.1, 0.15) is 11.6 Å². The summed E-state index contributed by atoms with van der Waals surface area (Å²) in [4.78, 5) is 8.81. The van der Waals surface area contributed by atoms with Crippen molar-refractivity contribution in [2.75, 3.05) is 5.73 Å². The van der Waals surface area contributed by atoms with E-state index in [4.69, 9.17) is 5.73 Å². The largest absolute Gasteiger partial charge is 0.383 e.